The van der Waals surface area contributed by atoms with Crippen LogP contribution in [0.5, 0.6) is 11.5 Å². The van der Waals surface area contributed by atoms with Crippen LogP contribution in [0, 0.1) is 31.9 Å². The van der Waals surface area contributed by atoms with Gasteiger partial charge in [-0.3, -0.25) is 4.68 Å². The Morgan fingerprint density at radius 2 is 1.60 bits per heavy atom. The summed E-state index contributed by atoms with van der Waals surface area (Å²) in [6.07, 6.45) is 6.59. The minimum absolute atomic E-state index is 0. The fourth-order valence-electron chi connectivity index (χ4n) is 6.86. The first kappa shape index (κ1) is 35.4. The van der Waals surface area contributed by atoms with E-state index in [2.05, 4.69) is 119 Å². The van der Waals surface area contributed by atoms with Crippen LogP contribution >= 0.6 is 0 Å². The summed E-state index contributed by atoms with van der Waals surface area (Å²) in [5.41, 5.74) is 9.87. The van der Waals surface area contributed by atoms with E-state index >= 15 is 0 Å². The van der Waals surface area contributed by atoms with Crippen LogP contribution in [0.3, 0.4) is 0 Å². The minimum Gasteiger partial charge on any atom is -0.509 e. The number of hydrogen-bond acceptors (Lipinski definition) is 3. The number of aromatic nitrogens is 4. The topological polar surface area (TPSA) is 44.9 Å². The van der Waals surface area contributed by atoms with Gasteiger partial charge >= 0.3 is 21.1 Å². The van der Waals surface area contributed by atoms with E-state index in [9.17, 15) is 0 Å². The van der Waals surface area contributed by atoms with Crippen molar-refractivity contribution in [3.8, 4) is 34.1 Å². The predicted octanol–water partition coefficient (Wildman–Crippen LogP) is 11.5. The van der Waals surface area contributed by atoms with Crippen molar-refractivity contribution in [1.82, 2.24) is 19.3 Å². The van der Waals surface area contributed by atoms with Crippen molar-refractivity contribution in [2.45, 2.75) is 73.1 Å². The molecule has 0 saturated heterocycles. The smallest absolute Gasteiger partial charge is 0.509 e. The molecule has 0 aliphatic rings. The van der Waals surface area contributed by atoms with E-state index in [0.29, 0.717) is 23.3 Å². The van der Waals surface area contributed by atoms with Gasteiger partial charge in [0.05, 0.1) is 5.69 Å². The Labute approximate surface area is 310 Å². The molecule has 0 spiro atoms. The fraction of sp³-hybridized carbons (Fsp3) is 0.273. The average Bonchev–Trinajstić information content (AvgIpc) is 3.60. The summed E-state index contributed by atoms with van der Waals surface area (Å²) in [7, 11) is 0. The van der Waals surface area contributed by atoms with Gasteiger partial charge in [-0.25, -0.2) is 4.98 Å². The van der Waals surface area contributed by atoms with Crippen LogP contribution in [-0.2, 0) is 27.5 Å². The van der Waals surface area contributed by atoms with E-state index in [0.717, 1.165) is 56.9 Å². The molecule has 3 aromatic heterocycles. The Bertz CT molecular complexity index is 2250. The van der Waals surface area contributed by atoms with E-state index < -0.39 is 0 Å². The summed E-state index contributed by atoms with van der Waals surface area (Å²) in [5, 5.41) is 7.22. The summed E-state index contributed by atoms with van der Waals surface area (Å²) in [6.45, 7) is 13.3. The zero-order valence-electron chi connectivity index (χ0n) is 29.7. The van der Waals surface area contributed by atoms with Crippen LogP contribution in [0.25, 0.3) is 44.4 Å². The minimum atomic E-state index is 0. The molecule has 0 aliphatic heterocycles. The Kier molecular flexibility index (Phi) is 10.7. The molecule has 1 atom stereocenters. The molecule has 0 aliphatic carbocycles. The molecule has 0 bridgehead atoms. The third kappa shape index (κ3) is 6.94. The molecular weight excluding hydrogens is 796 g/mol. The van der Waals surface area contributed by atoms with E-state index in [1.807, 2.05) is 41.2 Å². The van der Waals surface area contributed by atoms with E-state index in [-0.39, 0.29) is 21.1 Å². The molecular formula is C44H44N4OPt. The molecule has 7 rings (SSSR count). The zero-order chi connectivity index (χ0) is 34.1. The van der Waals surface area contributed by atoms with Gasteiger partial charge in [0, 0.05) is 34.5 Å². The maximum absolute atomic E-state index is 6.49. The molecule has 4 aromatic carbocycles. The van der Waals surface area contributed by atoms with Crippen molar-refractivity contribution in [1.29, 1.82) is 0 Å². The number of ether oxygens (including phenoxy) is 1. The molecule has 5 nitrogen and oxygen atoms in total. The molecule has 1 unspecified atom stereocenters. The second kappa shape index (κ2) is 15.2. The van der Waals surface area contributed by atoms with Gasteiger partial charge in [0.15, 0.2) is 0 Å². The standard InChI is InChI=1S/C44H44N4O.Pt/c1-7-8-10-14-33-23-24-45-43(25-33)47-41-22-19-35(30(4)29(2)3)26-40(41)39-21-20-38(28-42(39)47)49-37-18-13-17-36(27-37)48-32(6)44(31(5)46-48)34-15-11-9-12-16-34;/h9,11-13,15-26,29-30H,7-8,10,14H2,1-6H3;/q-2;+2. The molecule has 0 radical (unpaired) electrons. The SMILES string of the molecule is CCCCCc1ccnc(-n2c3[c-]c(Oc4[c-]c(-n5nc(C)c(-c6ccccc6)c5C)ccc4)ccc3c3cc(C(C)C(C)C)ccc32)c1.[Pt+2]. The van der Waals surface area contributed by atoms with Crippen molar-refractivity contribution in [3.05, 3.63) is 132 Å². The van der Waals surface area contributed by atoms with Gasteiger partial charge in [-0.15, -0.1) is 35.7 Å². The van der Waals surface area contributed by atoms with Gasteiger partial charge < -0.3 is 9.30 Å². The first-order valence-corrected chi connectivity index (χ1v) is 17.6. The number of unbranched alkanes of at least 4 members (excludes halogenated alkanes) is 2. The van der Waals surface area contributed by atoms with Crippen LogP contribution in [0.1, 0.15) is 75.4 Å². The van der Waals surface area contributed by atoms with Gasteiger partial charge in [0.2, 0.25) is 0 Å². The first-order chi connectivity index (χ1) is 23.8. The molecule has 6 heteroatoms. The molecule has 3 heterocycles. The van der Waals surface area contributed by atoms with Crippen molar-refractivity contribution >= 4 is 21.8 Å². The maximum Gasteiger partial charge on any atom is 2.00 e. The maximum atomic E-state index is 6.49. The summed E-state index contributed by atoms with van der Waals surface area (Å²) >= 11 is 0. The number of hydrogen-bond donors (Lipinski definition) is 0. The monoisotopic (exact) mass is 839 g/mol. The van der Waals surface area contributed by atoms with Crippen molar-refractivity contribution < 1.29 is 25.8 Å². The van der Waals surface area contributed by atoms with Gasteiger partial charge in [-0.1, -0.05) is 88.5 Å². The second-order valence-electron chi connectivity index (χ2n) is 13.5. The van der Waals surface area contributed by atoms with Crippen molar-refractivity contribution in [3.63, 3.8) is 0 Å². The van der Waals surface area contributed by atoms with Crippen molar-refractivity contribution in [2.24, 2.45) is 5.92 Å². The molecule has 256 valence electrons. The Morgan fingerprint density at radius 1 is 0.800 bits per heavy atom. The number of pyridine rings is 1. The number of fused-ring (bicyclic) bond motifs is 3. The largest absolute Gasteiger partial charge is 2.00 e. The Hall–Kier alpha value is -4.47. The number of aryl methyl sites for hydroxylation is 2. The van der Waals surface area contributed by atoms with Crippen molar-refractivity contribution in [2.75, 3.05) is 0 Å². The van der Waals surface area contributed by atoms with E-state index in [1.165, 1.54) is 35.8 Å². The Morgan fingerprint density at radius 3 is 2.38 bits per heavy atom. The normalized spacial score (nSPS) is 12.1. The zero-order valence-corrected chi connectivity index (χ0v) is 32.0. The molecule has 0 saturated carbocycles. The number of benzene rings is 4. The number of nitrogens with zero attached hydrogens (tertiary/aromatic N) is 4. The van der Waals surface area contributed by atoms with Crippen LogP contribution in [-0.4, -0.2) is 19.3 Å². The van der Waals surface area contributed by atoms with Crippen LogP contribution in [0.15, 0.2) is 97.2 Å². The molecule has 50 heavy (non-hydrogen) atoms. The molecule has 7 aromatic rings. The third-order valence-electron chi connectivity index (χ3n) is 9.86. The second-order valence-corrected chi connectivity index (χ2v) is 13.5. The third-order valence-corrected chi connectivity index (χ3v) is 9.86. The molecule has 0 fully saturated rings. The summed E-state index contributed by atoms with van der Waals surface area (Å²) in [5.74, 6) is 3.12. The van der Waals surface area contributed by atoms with E-state index in [1.54, 1.807) is 0 Å². The fourth-order valence-corrected chi connectivity index (χ4v) is 6.86. The van der Waals surface area contributed by atoms with Crippen LogP contribution < -0.4 is 4.74 Å². The summed E-state index contributed by atoms with van der Waals surface area (Å²) in [4.78, 5) is 4.88. The van der Waals surface area contributed by atoms with Gasteiger partial charge in [-0.2, -0.15) is 17.2 Å². The Balaban J connectivity index is 0.00000432. The van der Waals surface area contributed by atoms with E-state index in [4.69, 9.17) is 14.8 Å². The average molecular weight is 840 g/mol. The van der Waals surface area contributed by atoms with Crippen LogP contribution in [0.4, 0.5) is 0 Å². The van der Waals surface area contributed by atoms with Gasteiger partial charge in [0.25, 0.3) is 0 Å². The van der Waals surface area contributed by atoms with Crippen LogP contribution in [0.2, 0.25) is 0 Å². The van der Waals surface area contributed by atoms with Gasteiger partial charge in [0.1, 0.15) is 5.82 Å². The first-order valence-electron chi connectivity index (χ1n) is 17.6. The van der Waals surface area contributed by atoms with Gasteiger partial charge in [-0.05, 0) is 84.5 Å². The predicted molar refractivity (Wildman–Crippen MR) is 201 cm³/mol. The quantitative estimate of drug-likeness (QED) is 0.0963. The molecule has 0 N–H and O–H groups in total. The summed E-state index contributed by atoms with van der Waals surface area (Å²) < 4.78 is 10.7. The molecule has 0 amide bonds. The summed E-state index contributed by atoms with van der Waals surface area (Å²) in [6, 6.07) is 38.9. The number of rotatable bonds is 11.